The van der Waals surface area contributed by atoms with Crippen LogP contribution in [0, 0.1) is 0 Å². The number of aliphatic imine (C=N–C) groups is 1. The molecule has 0 aliphatic carbocycles. The van der Waals surface area contributed by atoms with Crippen LogP contribution in [-0.4, -0.2) is 51.5 Å². The first-order valence-electron chi connectivity index (χ1n) is 9.24. The van der Waals surface area contributed by atoms with E-state index < -0.39 is 0 Å². The highest BCUT2D eigenvalue weighted by atomic mass is 127. The average molecular weight is 496 g/mol. The molecule has 1 aliphatic heterocycles. The van der Waals surface area contributed by atoms with Crippen molar-refractivity contribution in [1.82, 2.24) is 10.6 Å². The van der Waals surface area contributed by atoms with Crippen LogP contribution in [0.5, 0.6) is 0 Å². The quantitative estimate of drug-likeness (QED) is 0.238. The van der Waals surface area contributed by atoms with Crippen molar-refractivity contribution in [2.75, 3.05) is 39.5 Å². The van der Waals surface area contributed by atoms with E-state index in [1.165, 1.54) is 0 Å². The maximum atomic E-state index is 6.19. The highest BCUT2D eigenvalue weighted by Crippen LogP contribution is 2.14. The molecule has 0 atom stereocenters. The molecule has 1 heterocycles. The van der Waals surface area contributed by atoms with Crippen LogP contribution in [0.4, 0.5) is 0 Å². The minimum Gasteiger partial charge on any atom is -0.381 e. The summed E-state index contributed by atoms with van der Waals surface area (Å²) in [5, 5.41) is 7.45. The molecule has 0 amide bonds. The average Bonchev–Trinajstić information content (AvgIpc) is 2.64. The maximum Gasteiger partial charge on any atom is 0.191 e. The van der Waals surface area contributed by atoms with Crippen molar-refractivity contribution in [1.29, 1.82) is 0 Å². The first-order chi connectivity index (χ1) is 12.3. The van der Waals surface area contributed by atoms with Crippen molar-refractivity contribution in [3.8, 4) is 0 Å². The first kappa shape index (κ1) is 23.5. The number of ether oxygens (including phenoxy) is 2. The molecule has 0 bridgehead atoms. The summed E-state index contributed by atoms with van der Waals surface area (Å²) in [6.45, 7) is 6.87. The third-order valence-corrected chi connectivity index (χ3v) is 4.45. The molecule has 0 unspecified atom stereocenters. The van der Waals surface area contributed by atoms with E-state index in [1.807, 2.05) is 18.2 Å². The lowest BCUT2D eigenvalue weighted by Gasteiger charge is -2.22. The molecule has 0 spiro atoms. The number of nitrogens with zero attached hydrogens (tertiary/aromatic N) is 1. The lowest BCUT2D eigenvalue weighted by atomic mass is 10.1. The van der Waals surface area contributed by atoms with Gasteiger partial charge in [0.2, 0.25) is 0 Å². The van der Waals surface area contributed by atoms with Crippen molar-refractivity contribution in [3.05, 3.63) is 34.9 Å². The number of hydrogen-bond donors (Lipinski definition) is 2. The molecular formula is C19H31ClIN3O2. The Morgan fingerprint density at radius 1 is 1.27 bits per heavy atom. The maximum absolute atomic E-state index is 6.19. The van der Waals surface area contributed by atoms with Gasteiger partial charge in [0.25, 0.3) is 0 Å². The van der Waals surface area contributed by atoms with Gasteiger partial charge in [-0.15, -0.1) is 24.0 Å². The van der Waals surface area contributed by atoms with Crippen molar-refractivity contribution in [3.63, 3.8) is 0 Å². The summed E-state index contributed by atoms with van der Waals surface area (Å²) in [5.41, 5.74) is 1.15. The van der Waals surface area contributed by atoms with E-state index in [1.54, 1.807) is 0 Å². The second kappa shape index (κ2) is 14.5. The minimum absolute atomic E-state index is 0. The third kappa shape index (κ3) is 9.39. The van der Waals surface area contributed by atoms with Crippen LogP contribution in [0.2, 0.25) is 5.02 Å². The molecule has 1 aromatic carbocycles. The molecular weight excluding hydrogens is 465 g/mol. The summed E-state index contributed by atoms with van der Waals surface area (Å²) in [5.74, 6) is 0.848. The summed E-state index contributed by atoms with van der Waals surface area (Å²) < 4.78 is 11.2. The predicted octanol–water partition coefficient (Wildman–Crippen LogP) is 3.64. The normalized spacial score (nSPS) is 15.4. The Morgan fingerprint density at radius 2 is 2.04 bits per heavy atom. The zero-order valence-electron chi connectivity index (χ0n) is 15.5. The molecule has 1 fully saturated rings. The summed E-state index contributed by atoms with van der Waals surface area (Å²) in [4.78, 5) is 4.61. The Kier molecular flexibility index (Phi) is 13.1. The van der Waals surface area contributed by atoms with Gasteiger partial charge in [0, 0.05) is 44.5 Å². The molecule has 0 saturated carbocycles. The van der Waals surface area contributed by atoms with E-state index in [9.17, 15) is 0 Å². The van der Waals surface area contributed by atoms with Gasteiger partial charge in [-0.2, -0.15) is 0 Å². The van der Waals surface area contributed by atoms with Crippen LogP contribution in [0.1, 0.15) is 31.7 Å². The number of benzene rings is 1. The summed E-state index contributed by atoms with van der Waals surface area (Å²) in [7, 11) is 0. The number of nitrogens with one attached hydrogen (secondary N) is 2. The highest BCUT2D eigenvalue weighted by Gasteiger charge is 2.13. The van der Waals surface area contributed by atoms with E-state index in [2.05, 4.69) is 28.6 Å². The standard InChI is InChI=1S/C19H30ClN3O2.HI/c1-2-21-19(23-12-8-16-6-3-4-7-18(16)20)22-11-5-13-25-17-9-14-24-15-10-17;/h3-4,6-7,17H,2,5,8-15H2,1H3,(H2,21,22,23);1H. The fourth-order valence-corrected chi connectivity index (χ4v) is 2.94. The largest absolute Gasteiger partial charge is 0.381 e. The van der Waals surface area contributed by atoms with Gasteiger partial charge in [-0.05, 0) is 44.2 Å². The number of halogens is 2. The van der Waals surface area contributed by atoms with E-state index in [0.717, 1.165) is 81.7 Å². The van der Waals surface area contributed by atoms with Crippen LogP contribution in [0.15, 0.2) is 29.3 Å². The van der Waals surface area contributed by atoms with Crippen molar-refractivity contribution >= 4 is 41.5 Å². The number of rotatable bonds is 9. The molecule has 0 aromatic heterocycles. The molecule has 0 radical (unpaired) electrons. The lowest BCUT2D eigenvalue weighted by Crippen LogP contribution is -2.38. The van der Waals surface area contributed by atoms with Crippen LogP contribution >= 0.6 is 35.6 Å². The highest BCUT2D eigenvalue weighted by molar-refractivity contribution is 14.0. The van der Waals surface area contributed by atoms with Crippen molar-refractivity contribution < 1.29 is 9.47 Å². The van der Waals surface area contributed by atoms with E-state index in [-0.39, 0.29) is 24.0 Å². The molecule has 1 aromatic rings. The van der Waals surface area contributed by atoms with Gasteiger partial charge in [0.05, 0.1) is 6.10 Å². The molecule has 5 nitrogen and oxygen atoms in total. The fourth-order valence-electron chi connectivity index (χ4n) is 2.71. The Balaban J connectivity index is 0.00000338. The number of hydrogen-bond acceptors (Lipinski definition) is 3. The van der Waals surface area contributed by atoms with Gasteiger partial charge in [-0.25, -0.2) is 0 Å². The first-order valence-corrected chi connectivity index (χ1v) is 9.62. The van der Waals surface area contributed by atoms with Crippen LogP contribution in [0.25, 0.3) is 0 Å². The topological polar surface area (TPSA) is 54.9 Å². The zero-order chi connectivity index (χ0) is 17.7. The Morgan fingerprint density at radius 3 is 2.77 bits per heavy atom. The molecule has 26 heavy (non-hydrogen) atoms. The molecule has 1 saturated heterocycles. The Hall–Kier alpha value is -0.570. The molecule has 1 aliphatic rings. The van der Waals surface area contributed by atoms with Gasteiger partial charge < -0.3 is 20.1 Å². The molecule has 7 heteroatoms. The van der Waals surface area contributed by atoms with Crippen LogP contribution < -0.4 is 10.6 Å². The SMILES string of the molecule is CCNC(=NCCCOC1CCOCC1)NCCc1ccccc1Cl.I. The lowest BCUT2D eigenvalue weighted by molar-refractivity contribution is -0.0318. The van der Waals surface area contributed by atoms with E-state index in [4.69, 9.17) is 21.1 Å². The Labute approximate surface area is 179 Å². The zero-order valence-corrected chi connectivity index (χ0v) is 18.6. The van der Waals surface area contributed by atoms with Gasteiger partial charge in [0.15, 0.2) is 5.96 Å². The monoisotopic (exact) mass is 495 g/mol. The number of guanidine groups is 1. The summed E-state index contributed by atoms with van der Waals surface area (Å²) in [6.07, 6.45) is 4.18. The second-order valence-electron chi connectivity index (χ2n) is 6.06. The van der Waals surface area contributed by atoms with Crippen molar-refractivity contribution in [2.45, 2.75) is 38.7 Å². The second-order valence-corrected chi connectivity index (χ2v) is 6.47. The minimum atomic E-state index is 0. The van der Waals surface area contributed by atoms with Gasteiger partial charge in [-0.1, -0.05) is 29.8 Å². The van der Waals surface area contributed by atoms with Gasteiger partial charge in [0.1, 0.15) is 0 Å². The Bertz CT molecular complexity index is 525. The molecule has 2 rings (SSSR count). The van der Waals surface area contributed by atoms with Gasteiger partial charge in [-0.3, -0.25) is 4.99 Å². The fraction of sp³-hybridized carbons (Fsp3) is 0.632. The van der Waals surface area contributed by atoms with E-state index >= 15 is 0 Å². The summed E-state index contributed by atoms with van der Waals surface area (Å²) >= 11 is 6.19. The third-order valence-electron chi connectivity index (χ3n) is 4.08. The molecule has 148 valence electrons. The van der Waals surface area contributed by atoms with E-state index in [0.29, 0.717) is 6.10 Å². The summed E-state index contributed by atoms with van der Waals surface area (Å²) in [6, 6.07) is 7.95. The smallest absolute Gasteiger partial charge is 0.191 e. The predicted molar refractivity (Wildman–Crippen MR) is 119 cm³/mol. The van der Waals surface area contributed by atoms with Crippen LogP contribution in [-0.2, 0) is 15.9 Å². The molecule has 2 N–H and O–H groups in total. The van der Waals surface area contributed by atoms with Crippen molar-refractivity contribution in [2.24, 2.45) is 4.99 Å². The van der Waals surface area contributed by atoms with Crippen LogP contribution in [0.3, 0.4) is 0 Å². The van der Waals surface area contributed by atoms with Gasteiger partial charge >= 0.3 is 0 Å².